The highest BCUT2D eigenvalue weighted by molar-refractivity contribution is 7.22. The van der Waals surface area contributed by atoms with Crippen molar-refractivity contribution in [1.82, 2.24) is 25.2 Å². The third-order valence-electron chi connectivity index (χ3n) is 4.04. The van der Waals surface area contributed by atoms with Crippen LogP contribution in [0.5, 0.6) is 0 Å². The van der Waals surface area contributed by atoms with E-state index in [1.165, 1.54) is 29.3 Å². The zero-order valence-electron chi connectivity index (χ0n) is 14.6. The van der Waals surface area contributed by atoms with Gasteiger partial charge in [-0.05, 0) is 34.5 Å². The van der Waals surface area contributed by atoms with E-state index in [9.17, 15) is 9.59 Å². The largest absolute Gasteiger partial charge is 0.326 e. The number of carbonyl (C=O) groups excluding carboxylic acids is 2. The maximum absolute atomic E-state index is 12.8. The van der Waals surface area contributed by atoms with E-state index in [4.69, 9.17) is 0 Å². The Hall–Kier alpha value is -2.88. The van der Waals surface area contributed by atoms with Gasteiger partial charge in [0.2, 0.25) is 5.91 Å². The van der Waals surface area contributed by atoms with E-state index >= 15 is 0 Å². The van der Waals surface area contributed by atoms with Gasteiger partial charge in [-0.1, -0.05) is 31.6 Å². The fraction of sp³-hybridized carbons (Fsp3) is 0.375. The predicted octanol–water partition coefficient (Wildman–Crippen LogP) is 2.47. The number of aromatic nitrogens is 5. The second-order valence-electron chi connectivity index (χ2n) is 5.99. The van der Waals surface area contributed by atoms with Crippen LogP contribution in [0.1, 0.15) is 33.2 Å². The summed E-state index contributed by atoms with van der Waals surface area (Å²) < 4.78 is 2.33. The highest BCUT2D eigenvalue weighted by Crippen LogP contribution is 2.30. The number of hydrogen-bond donors (Lipinski definition) is 2. The second-order valence-corrected chi connectivity index (χ2v) is 7.02. The molecule has 1 aromatic carbocycles. The van der Waals surface area contributed by atoms with Gasteiger partial charge in [-0.2, -0.15) is 0 Å². The summed E-state index contributed by atoms with van der Waals surface area (Å²) in [5, 5.41) is 17.2. The number of nitrogens with one attached hydrogen (secondary N) is 2. The molecule has 2 amide bonds. The molecular formula is C16H19N7O2S. The maximum atomic E-state index is 12.8. The van der Waals surface area contributed by atoms with Crippen LogP contribution in [0.15, 0.2) is 24.5 Å². The van der Waals surface area contributed by atoms with Crippen LogP contribution < -0.4 is 10.6 Å². The van der Waals surface area contributed by atoms with Crippen molar-refractivity contribution in [1.29, 1.82) is 0 Å². The molecule has 26 heavy (non-hydrogen) atoms. The molecule has 0 aliphatic carbocycles. The number of hydrogen-bond acceptors (Lipinski definition) is 7. The van der Waals surface area contributed by atoms with E-state index in [-0.39, 0.29) is 17.7 Å². The first-order chi connectivity index (χ1) is 12.5. The van der Waals surface area contributed by atoms with Crippen LogP contribution in [0.3, 0.4) is 0 Å². The van der Waals surface area contributed by atoms with Crippen molar-refractivity contribution < 1.29 is 9.59 Å². The lowest BCUT2D eigenvalue weighted by atomic mass is 9.99. The Morgan fingerprint density at radius 3 is 2.77 bits per heavy atom. The fourth-order valence-corrected chi connectivity index (χ4v) is 3.50. The van der Waals surface area contributed by atoms with Crippen molar-refractivity contribution in [2.75, 3.05) is 10.6 Å². The standard InChI is InChI=1S/C16H19N7O2S/c1-4-9(2)14(23-8-17-21-22-23)15(25)20-16-19-12-6-5-11(18-10(3)24)7-13(12)26-16/h5-9,14H,4H2,1-3H3,(H,18,24)(H,19,20,25)/t9-,14-/m0/s1. The Morgan fingerprint density at radius 2 is 2.12 bits per heavy atom. The molecule has 2 atom stereocenters. The zero-order chi connectivity index (χ0) is 18.7. The summed E-state index contributed by atoms with van der Waals surface area (Å²) in [6, 6.07) is 4.90. The molecule has 10 heteroatoms. The number of rotatable bonds is 6. The van der Waals surface area contributed by atoms with Crippen LogP contribution in [0.4, 0.5) is 10.8 Å². The van der Waals surface area contributed by atoms with Gasteiger partial charge in [-0.25, -0.2) is 9.67 Å². The summed E-state index contributed by atoms with van der Waals surface area (Å²) in [4.78, 5) is 28.4. The lowest BCUT2D eigenvalue weighted by Crippen LogP contribution is -2.31. The molecule has 2 heterocycles. The molecule has 0 aliphatic rings. The summed E-state index contributed by atoms with van der Waals surface area (Å²) >= 11 is 1.35. The number of benzene rings is 1. The minimum absolute atomic E-state index is 0.0549. The highest BCUT2D eigenvalue weighted by Gasteiger charge is 2.27. The summed E-state index contributed by atoms with van der Waals surface area (Å²) in [5.74, 6) is -0.299. The molecule has 0 saturated heterocycles. The van der Waals surface area contributed by atoms with Gasteiger partial charge in [0, 0.05) is 12.6 Å². The Kier molecular flexibility index (Phi) is 5.21. The molecule has 3 aromatic rings. The Balaban J connectivity index is 1.82. The quantitative estimate of drug-likeness (QED) is 0.686. The van der Waals surface area contributed by atoms with Crippen molar-refractivity contribution in [2.45, 2.75) is 33.2 Å². The van der Waals surface area contributed by atoms with Gasteiger partial charge in [-0.15, -0.1) is 5.10 Å². The maximum Gasteiger partial charge on any atom is 0.251 e. The summed E-state index contributed by atoms with van der Waals surface area (Å²) in [7, 11) is 0. The zero-order valence-corrected chi connectivity index (χ0v) is 15.4. The van der Waals surface area contributed by atoms with Crippen LogP contribution in [0, 0.1) is 5.92 Å². The first-order valence-electron chi connectivity index (χ1n) is 8.19. The number of carbonyl (C=O) groups is 2. The van der Waals surface area contributed by atoms with E-state index < -0.39 is 6.04 Å². The summed E-state index contributed by atoms with van der Waals surface area (Å²) in [6.45, 7) is 5.44. The lowest BCUT2D eigenvalue weighted by molar-refractivity contribution is -0.121. The van der Waals surface area contributed by atoms with E-state index in [1.54, 1.807) is 12.1 Å². The summed E-state index contributed by atoms with van der Waals surface area (Å²) in [6.07, 6.45) is 2.24. The number of nitrogens with zero attached hydrogens (tertiary/aromatic N) is 5. The number of thiazole rings is 1. The average molecular weight is 373 g/mol. The normalized spacial score (nSPS) is 13.3. The minimum atomic E-state index is -0.517. The minimum Gasteiger partial charge on any atom is -0.326 e. The topological polar surface area (TPSA) is 115 Å². The van der Waals surface area contributed by atoms with Crippen molar-refractivity contribution >= 4 is 44.2 Å². The Labute approximate surface area is 153 Å². The lowest BCUT2D eigenvalue weighted by Gasteiger charge is -2.20. The molecule has 3 rings (SSSR count). The second kappa shape index (κ2) is 7.56. The van der Waals surface area contributed by atoms with Gasteiger partial charge in [0.1, 0.15) is 12.4 Å². The monoisotopic (exact) mass is 373 g/mol. The van der Waals surface area contributed by atoms with Crippen molar-refractivity contribution in [3.8, 4) is 0 Å². The van der Waals surface area contributed by atoms with Gasteiger partial charge in [0.25, 0.3) is 5.91 Å². The molecule has 9 nitrogen and oxygen atoms in total. The molecule has 0 fully saturated rings. The number of anilines is 2. The van der Waals surface area contributed by atoms with Gasteiger partial charge in [-0.3, -0.25) is 9.59 Å². The van der Waals surface area contributed by atoms with E-state index in [0.29, 0.717) is 10.8 Å². The van der Waals surface area contributed by atoms with Crippen molar-refractivity contribution in [3.05, 3.63) is 24.5 Å². The first kappa shape index (κ1) is 17.9. The van der Waals surface area contributed by atoms with E-state index in [2.05, 4.69) is 31.1 Å². The van der Waals surface area contributed by atoms with Crippen LogP contribution in [0.2, 0.25) is 0 Å². The van der Waals surface area contributed by atoms with Crippen LogP contribution in [-0.2, 0) is 9.59 Å². The van der Waals surface area contributed by atoms with Crippen LogP contribution in [0.25, 0.3) is 10.2 Å². The van der Waals surface area contributed by atoms with E-state index in [1.807, 2.05) is 19.9 Å². The molecule has 0 spiro atoms. The molecule has 2 N–H and O–H groups in total. The van der Waals surface area contributed by atoms with Gasteiger partial charge in [0.15, 0.2) is 5.13 Å². The van der Waals surface area contributed by atoms with E-state index in [0.717, 1.165) is 16.6 Å². The first-order valence-corrected chi connectivity index (χ1v) is 9.01. The molecular weight excluding hydrogens is 354 g/mol. The number of fused-ring (bicyclic) bond motifs is 1. The average Bonchev–Trinajstić information content (AvgIpc) is 3.23. The molecule has 0 unspecified atom stereocenters. The molecule has 0 radical (unpaired) electrons. The third-order valence-corrected chi connectivity index (χ3v) is 4.97. The molecule has 2 aromatic heterocycles. The number of amides is 2. The van der Waals surface area contributed by atoms with Crippen LogP contribution in [-0.4, -0.2) is 37.0 Å². The number of tetrazole rings is 1. The predicted molar refractivity (Wildman–Crippen MR) is 98.9 cm³/mol. The molecule has 0 aliphatic heterocycles. The molecule has 0 bridgehead atoms. The third kappa shape index (κ3) is 3.85. The highest BCUT2D eigenvalue weighted by atomic mass is 32.1. The molecule has 136 valence electrons. The summed E-state index contributed by atoms with van der Waals surface area (Å²) in [5.41, 5.74) is 1.44. The van der Waals surface area contributed by atoms with Crippen molar-refractivity contribution in [2.24, 2.45) is 5.92 Å². The smallest absolute Gasteiger partial charge is 0.251 e. The van der Waals surface area contributed by atoms with Gasteiger partial charge in [0.05, 0.1) is 10.2 Å². The Morgan fingerprint density at radius 1 is 1.31 bits per heavy atom. The SMILES string of the molecule is CC[C@H](C)[C@@H](C(=O)Nc1nc2ccc(NC(C)=O)cc2s1)n1cnnn1. The Bertz CT molecular complexity index is 922. The van der Waals surface area contributed by atoms with Crippen LogP contribution >= 0.6 is 11.3 Å². The fourth-order valence-electron chi connectivity index (χ4n) is 2.60. The van der Waals surface area contributed by atoms with Gasteiger partial charge < -0.3 is 10.6 Å². The van der Waals surface area contributed by atoms with Gasteiger partial charge >= 0.3 is 0 Å². The van der Waals surface area contributed by atoms with Crippen molar-refractivity contribution in [3.63, 3.8) is 0 Å². The molecule has 0 saturated carbocycles.